The average Bonchev–Trinajstić information content (AvgIpc) is 2.70. The number of Topliss-reactive ketones (excluding diaryl/α,β-unsaturated/α-hetero) is 1. The van der Waals surface area contributed by atoms with Crippen LogP contribution in [0.1, 0.15) is 37.4 Å². The maximum absolute atomic E-state index is 12.4. The summed E-state index contributed by atoms with van der Waals surface area (Å²) in [7, 11) is 0. The van der Waals surface area contributed by atoms with Crippen LogP contribution < -0.4 is 5.32 Å². The lowest BCUT2D eigenvalue weighted by atomic mass is 9.99. The fourth-order valence-electron chi connectivity index (χ4n) is 2.83. The van der Waals surface area contributed by atoms with Crippen molar-refractivity contribution in [3.63, 3.8) is 0 Å². The second-order valence-electron chi connectivity index (χ2n) is 5.31. The molecule has 0 unspecified atom stereocenters. The van der Waals surface area contributed by atoms with Gasteiger partial charge in [-0.25, -0.2) is 0 Å². The number of para-hydroxylation sites is 1. The lowest BCUT2D eigenvalue weighted by molar-refractivity contribution is -0.113. The van der Waals surface area contributed by atoms with Crippen molar-refractivity contribution in [3.8, 4) is 0 Å². The molecule has 3 rings (SSSR count). The number of aromatic nitrogens is 1. The van der Waals surface area contributed by atoms with E-state index in [9.17, 15) is 4.79 Å². The Bertz CT molecular complexity index is 667. The van der Waals surface area contributed by atoms with Gasteiger partial charge in [0.2, 0.25) is 0 Å². The Morgan fingerprint density at radius 3 is 3.00 bits per heavy atom. The number of fused-ring (bicyclic) bond motifs is 3. The largest absolute Gasteiger partial charge is 0.390 e. The molecule has 0 atom stereocenters. The number of carbonyl (C=O) groups excluding carboxylic acids is 1. The first-order valence-electron chi connectivity index (χ1n) is 7.38. The van der Waals surface area contributed by atoms with E-state index in [2.05, 4.69) is 35.4 Å². The van der Waals surface area contributed by atoms with Gasteiger partial charge in [0, 0.05) is 30.1 Å². The monoisotopic (exact) mass is 268 g/mol. The molecule has 0 spiro atoms. The number of benzene rings is 1. The van der Waals surface area contributed by atoms with Crippen LogP contribution in [0.4, 0.5) is 0 Å². The maximum Gasteiger partial charge on any atom is 0.166 e. The van der Waals surface area contributed by atoms with Crippen LogP contribution in [0, 0.1) is 0 Å². The molecule has 1 aliphatic rings. The summed E-state index contributed by atoms with van der Waals surface area (Å²) in [6.07, 6.45) is 5.45. The Kier molecular flexibility index (Phi) is 3.59. The van der Waals surface area contributed by atoms with Crippen molar-refractivity contribution in [2.45, 2.75) is 32.6 Å². The first-order valence-corrected chi connectivity index (χ1v) is 7.38. The molecule has 1 aromatic heterocycles. The van der Waals surface area contributed by atoms with Crippen molar-refractivity contribution >= 4 is 22.3 Å². The van der Waals surface area contributed by atoms with E-state index < -0.39 is 0 Å². The Balaban J connectivity index is 2.05. The average molecular weight is 268 g/mol. The molecule has 0 bridgehead atoms. The maximum atomic E-state index is 12.4. The molecular formula is C17H20N2O. The van der Waals surface area contributed by atoms with Crippen LogP contribution in [0.2, 0.25) is 0 Å². The molecule has 2 heterocycles. The lowest BCUT2D eigenvalue weighted by Crippen LogP contribution is -2.09. The number of unbranched alkanes of at least 4 members (excludes halogenated alkanes) is 1. The summed E-state index contributed by atoms with van der Waals surface area (Å²) in [6.45, 7) is 2.99. The van der Waals surface area contributed by atoms with Gasteiger partial charge in [-0.1, -0.05) is 31.5 Å². The van der Waals surface area contributed by atoms with Crippen molar-refractivity contribution in [3.05, 3.63) is 41.7 Å². The van der Waals surface area contributed by atoms with Crippen LogP contribution in [0.5, 0.6) is 0 Å². The van der Waals surface area contributed by atoms with Gasteiger partial charge in [-0.15, -0.1) is 0 Å². The highest BCUT2D eigenvalue weighted by molar-refractivity contribution is 6.21. The van der Waals surface area contributed by atoms with Crippen molar-refractivity contribution in [2.24, 2.45) is 0 Å². The second-order valence-corrected chi connectivity index (χ2v) is 5.31. The minimum Gasteiger partial charge on any atom is -0.390 e. The second kappa shape index (κ2) is 5.53. The minimum absolute atomic E-state index is 0.231. The highest BCUT2D eigenvalue weighted by Crippen LogP contribution is 2.30. The van der Waals surface area contributed by atoms with E-state index in [4.69, 9.17) is 0 Å². The highest BCUT2D eigenvalue weighted by atomic mass is 16.1. The molecule has 1 aromatic carbocycles. The number of nitrogens with one attached hydrogen (secondary N) is 2. The van der Waals surface area contributed by atoms with Crippen LogP contribution >= 0.6 is 0 Å². The van der Waals surface area contributed by atoms with Crippen LogP contribution in [0.15, 0.2) is 30.5 Å². The quantitative estimate of drug-likeness (QED) is 0.892. The third kappa shape index (κ3) is 2.24. The number of aromatic amines is 1. The van der Waals surface area contributed by atoms with Gasteiger partial charge in [0.25, 0.3) is 0 Å². The standard InChI is InChI=1S/C17H20N2O/c1-2-3-8-16(20)14-11-18-10-9-13-12-6-4-5-7-15(12)19-17(13)14/h4-7,11,18-19H,2-3,8-10H2,1H3. The van der Waals surface area contributed by atoms with Crippen molar-refractivity contribution in [2.75, 3.05) is 6.54 Å². The van der Waals surface area contributed by atoms with Gasteiger partial charge in [-0.2, -0.15) is 0 Å². The van der Waals surface area contributed by atoms with Crippen LogP contribution in [-0.2, 0) is 11.2 Å². The van der Waals surface area contributed by atoms with Gasteiger partial charge in [-0.05, 0) is 24.5 Å². The number of carbonyl (C=O) groups is 1. The molecule has 20 heavy (non-hydrogen) atoms. The minimum atomic E-state index is 0.231. The van der Waals surface area contributed by atoms with E-state index in [0.29, 0.717) is 6.42 Å². The van der Waals surface area contributed by atoms with Gasteiger partial charge >= 0.3 is 0 Å². The predicted octanol–water partition coefficient (Wildman–Crippen LogP) is 3.41. The molecule has 0 aliphatic carbocycles. The Morgan fingerprint density at radius 2 is 2.15 bits per heavy atom. The van der Waals surface area contributed by atoms with E-state index >= 15 is 0 Å². The van der Waals surface area contributed by atoms with E-state index in [1.807, 2.05) is 12.3 Å². The van der Waals surface area contributed by atoms with E-state index in [0.717, 1.165) is 42.6 Å². The summed E-state index contributed by atoms with van der Waals surface area (Å²) >= 11 is 0. The topological polar surface area (TPSA) is 44.9 Å². The number of hydrogen-bond acceptors (Lipinski definition) is 2. The number of hydrogen-bond donors (Lipinski definition) is 2. The Labute approximate surface area is 119 Å². The van der Waals surface area contributed by atoms with Crippen molar-refractivity contribution in [1.29, 1.82) is 0 Å². The summed E-state index contributed by atoms with van der Waals surface area (Å²) in [5.74, 6) is 0.231. The molecule has 1 aliphatic heterocycles. The van der Waals surface area contributed by atoms with Gasteiger partial charge in [0.15, 0.2) is 5.78 Å². The van der Waals surface area contributed by atoms with E-state index in [1.165, 1.54) is 10.9 Å². The van der Waals surface area contributed by atoms with Gasteiger partial charge in [-0.3, -0.25) is 4.79 Å². The molecule has 2 N–H and O–H groups in total. The summed E-state index contributed by atoms with van der Waals surface area (Å²) in [6, 6.07) is 8.28. The van der Waals surface area contributed by atoms with Gasteiger partial charge in [0.05, 0.1) is 11.3 Å². The van der Waals surface area contributed by atoms with Crippen LogP contribution in [0.25, 0.3) is 16.5 Å². The molecule has 104 valence electrons. The smallest absolute Gasteiger partial charge is 0.166 e. The molecule has 3 nitrogen and oxygen atoms in total. The molecule has 3 heteroatoms. The molecule has 0 saturated heterocycles. The van der Waals surface area contributed by atoms with E-state index in [1.54, 1.807) is 0 Å². The Morgan fingerprint density at radius 1 is 1.30 bits per heavy atom. The zero-order chi connectivity index (χ0) is 13.9. The normalized spacial score (nSPS) is 14.3. The molecule has 0 saturated carbocycles. The predicted molar refractivity (Wildman–Crippen MR) is 82.5 cm³/mol. The number of ketones is 1. The van der Waals surface area contributed by atoms with Crippen LogP contribution in [0.3, 0.4) is 0 Å². The lowest BCUT2D eigenvalue weighted by Gasteiger charge is -2.05. The fraction of sp³-hybridized carbons (Fsp3) is 0.353. The number of allylic oxidation sites excluding steroid dienone is 1. The highest BCUT2D eigenvalue weighted by Gasteiger charge is 2.21. The molecule has 0 amide bonds. The Hall–Kier alpha value is -2.03. The molecule has 0 fully saturated rings. The summed E-state index contributed by atoms with van der Waals surface area (Å²) in [4.78, 5) is 15.9. The van der Waals surface area contributed by atoms with Crippen LogP contribution in [-0.4, -0.2) is 17.3 Å². The zero-order valence-corrected chi connectivity index (χ0v) is 11.8. The third-order valence-corrected chi connectivity index (χ3v) is 3.91. The van der Waals surface area contributed by atoms with Crippen molar-refractivity contribution in [1.82, 2.24) is 10.3 Å². The number of H-pyrrole nitrogens is 1. The number of rotatable bonds is 4. The molecule has 0 radical (unpaired) electrons. The molecular weight excluding hydrogens is 248 g/mol. The first-order chi connectivity index (χ1) is 9.81. The summed E-state index contributed by atoms with van der Waals surface area (Å²) in [5, 5.41) is 4.49. The fourth-order valence-corrected chi connectivity index (χ4v) is 2.83. The first kappa shape index (κ1) is 13.0. The van der Waals surface area contributed by atoms with E-state index in [-0.39, 0.29) is 5.78 Å². The summed E-state index contributed by atoms with van der Waals surface area (Å²) in [5.41, 5.74) is 4.20. The third-order valence-electron chi connectivity index (χ3n) is 3.91. The van der Waals surface area contributed by atoms with Gasteiger partial charge in [0.1, 0.15) is 0 Å². The SMILES string of the molecule is CCCCC(=O)C1=CNCCc2c1[nH]c1ccccc21. The van der Waals surface area contributed by atoms with Crippen molar-refractivity contribution < 1.29 is 4.79 Å². The zero-order valence-electron chi connectivity index (χ0n) is 11.8. The summed E-state index contributed by atoms with van der Waals surface area (Å²) < 4.78 is 0. The molecule has 2 aromatic rings. The van der Waals surface area contributed by atoms with Gasteiger partial charge < -0.3 is 10.3 Å².